The summed E-state index contributed by atoms with van der Waals surface area (Å²) in [5.74, 6) is 0.965. The van der Waals surface area contributed by atoms with Gasteiger partial charge in [-0.1, -0.05) is 55.0 Å². The monoisotopic (exact) mass is 283 g/mol. The zero-order chi connectivity index (χ0) is 15.2. The average Bonchev–Trinajstić information content (AvgIpc) is 2.48. The highest BCUT2D eigenvalue weighted by Crippen LogP contribution is 2.25. The van der Waals surface area contributed by atoms with Crippen molar-refractivity contribution in [2.24, 2.45) is 0 Å². The number of nitrogens with one attached hydrogen (secondary N) is 1. The molecule has 2 heteroatoms. The van der Waals surface area contributed by atoms with Gasteiger partial charge < -0.3 is 10.1 Å². The summed E-state index contributed by atoms with van der Waals surface area (Å²) >= 11 is 0. The second kappa shape index (κ2) is 7.28. The van der Waals surface area contributed by atoms with Gasteiger partial charge in [0, 0.05) is 0 Å². The Morgan fingerprint density at radius 1 is 1.05 bits per heavy atom. The van der Waals surface area contributed by atoms with E-state index in [0.717, 1.165) is 12.3 Å². The molecule has 2 atom stereocenters. The quantitative estimate of drug-likeness (QED) is 0.847. The van der Waals surface area contributed by atoms with Crippen LogP contribution >= 0.6 is 0 Å². The van der Waals surface area contributed by atoms with E-state index in [4.69, 9.17) is 4.74 Å². The molecule has 0 saturated heterocycles. The minimum absolute atomic E-state index is 0.0637. The molecule has 0 aromatic heterocycles. The molecular formula is C19H25NO. The Labute approximate surface area is 128 Å². The van der Waals surface area contributed by atoms with Gasteiger partial charge >= 0.3 is 0 Å². The Morgan fingerprint density at radius 2 is 1.76 bits per heavy atom. The Hall–Kier alpha value is -1.80. The van der Waals surface area contributed by atoms with Gasteiger partial charge in [-0.3, -0.25) is 0 Å². The standard InChI is InChI=1S/C19H25NO/c1-5-20-19(17-9-7-6-8-10-17)16(4)21-18-12-11-14(2)13-15(18)3/h6-13,16,19-20H,5H2,1-4H3. The Balaban J connectivity index is 2.17. The van der Waals surface area contributed by atoms with Crippen molar-refractivity contribution in [3.63, 3.8) is 0 Å². The van der Waals surface area contributed by atoms with Gasteiger partial charge in [0.25, 0.3) is 0 Å². The Bertz CT molecular complexity index is 565. The first-order chi connectivity index (χ1) is 10.1. The number of ether oxygens (including phenoxy) is 1. The molecular weight excluding hydrogens is 258 g/mol. The predicted molar refractivity (Wildman–Crippen MR) is 88.9 cm³/mol. The smallest absolute Gasteiger partial charge is 0.122 e. The van der Waals surface area contributed by atoms with Gasteiger partial charge in [-0.25, -0.2) is 0 Å². The van der Waals surface area contributed by atoms with E-state index in [1.54, 1.807) is 0 Å². The van der Waals surface area contributed by atoms with Crippen LogP contribution in [0.2, 0.25) is 0 Å². The molecule has 2 unspecified atom stereocenters. The molecule has 2 aromatic rings. The molecule has 0 amide bonds. The van der Waals surface area contributed by atoms with Gasteiger partial charge in [-0.2, -0.15) is 0 Å². The first-order valence-electron chi connectivity index (χ1n) is 7.64. The molecule has 2 aromatic carbocycles. The van der Waals surface area contributed by atoms with Crippen molar-refractivity contribution in [1.29, 1.82) is 0 Å². The van der Waals surface area contributed by atoms with Crippen molar-refractivity contribution in [2.75, 3.05) is 6.54 Å². The molecule has 2 rings (SSSR count). The van der Waals surface area contributed by atoms with Crippen LogP contribution in [0.4, 0.5) is 0 Å². The van der Waals surface area contributed by atoms with Crippen LogP contribution < -0.4 is 10.1 Å². The van der Waals surface area contributed by atoms with Crippen molar-refractivity contribution in [3.8, 4) is 5.75 Å². The van der Waals surface area contributed by atoms with E-state index in [9.17, 15) is 0 Å². The van der Waals surface area contributed by atoms with Gasteiger partial charge in [0.2, 0.25) is 0 Å². The zero-order valence-electron chi connectivity index (χ0n) is 13.4. The molecule has 0 heterocycles. The number of hydrogen-bond acceptors (Lipinski definition) is 2. The Kier molecular flexibility index (Phi) is 5.40. The zero-order valence-corrected chi connectivity index (χ0v) is 13.4. The van der Waals surface area contributed by atoms with Crippen molar-refractivity contribution < 1.29 is 4.74 Å². The van der Waals surface area contributed by atoms with Crippen LogP contribution in [-0.2, 0) is 0 Å². The molecule has 0 aliphatic carbocycles. The van der Waals surface area contributed by atoms with E-state index in [0.29, 0.717) is 0 Å². The molecule has 0 aliphatic rings. The maximum atomic E-state index is 6.21. The highest BCUT2D eigenvalue weighted by molar-refractivity contribution is 5.36. The van der Waals surface area contributed by atoms with E-state index < -0.39 is 0 Å². The van der Waals surface area contributed by atoms with E-state index in [-0.39, 0.29) is 12.1 Å². The van der Waals surface area contributed by atoms with E-state index in [1.807, 2.05) is 6.07 Å². The fourth-order valence-corrected chi connectivity index (χ4v) is 2.63. The highest BCUT2D eigenvalue weighted by atomic mass is 16.5. The summed E-state index contributed by atoms with van der Waals surface area (Å²) in [5.41, 5.74) is 3.71. The topological polar surface area (TPSA) is 21.3 Å². The summed E-state index contributed by atoms with van der Waals surface area (Å²) in [5, 5.41) is 3.52. The Morgan fingerprint density at radius 3 is 2.38 bits per heavy atom. The first-order valence-corrected chi connectivity index (χ1v) is 7.64. The number of hydrogen-bond donors (Lipinski definition) is 1. The lowest BCUT2D eigenvalue weighted by molar-refractivity contribution is 0.170. The lowest BCUT2D eigenvalue weighted by atomic mass is 10.0. The van der Waals surface area contributed by atoms with Crippen LogP contribution in [0.15, 0.2) is 48.5 Å². The van der Waals surface area contributed by atoms with Gasteiger partial charge in [-0.15, -0.1) is 0 Å². The molecule has 2 nitrogen and oxygen atoms in total. The van der Waals surface area contributed by atoms with Crippen LogP contribution in [0.3, 0.4) is 0 Å². The number of likely N-dealkylation sites (N-methyl/N-ethyl adjacent to an activating group) is 1. The van der Waals surface area contributed by atoms with E-state index in [1.165, 1.54) is 16.7 Å². The predicted octanol–water partition coefficient (Wildman–Crippen LogP) is 4.42. The van der Waals surface area contributed by atoms with Gasteiger partial charge in [0.15, 0.2) is 0 Å². The van der Waals surface area contributed by atoms with Crippen LogP contribution in [-0.4, -0.2) is 12.6 Å². The third-order valence-electron chi connectivity index (χ3n) is 3.70. The lowest BCUT2D eigenvalue weighted by Gasteiger charge is -2.27. The molecule has 0 radical (unpaired) electrons. The normalized spacial score (nSPS) is 13.7. The molecule has 21 heavy (non-hydrogen) atoms. The third kappa shape index (κ3) is 4.08. The maximum Gasteiger partial charge on any atom is 0.122 e. The van der Waals surface area contributed by atoms with E-state index >= 15 is 0 Å². The highest BCUT2D eigenvalue weighted by Gasteiger charge is 2.20. The van der Waals surface area contributed by atoms with Crippen molar-refractivity contribution >= 4 is 0 Å². The summed E-state index contributed by atoms with van der Waals surface area (Å²) in [6.07, 6.45) is 0.0637. The van der Waals surface area contributed by atoms with Crippen molar-refractivity contribution in [3.05, 3.63) is 65.2 Å². The summed E-state index contributed by atoms with van der Waals surface area (Å²) in [7, 11) is 0. The summed E-state index contributed by atoms with van der Waals surface area (Å²) in [4.78, 5) is 0. The second-order valence-electron chi connectivity index (χ2n) is 5.54. The van der Waals surface area contributed by atoms with Gasteiger partial charge in [0.05, 0.1) is 6.04 Å². The fourth-order valence-electron chi connectivity index (χ4n) is 2.63. The lowest BCUT2D eigenvalue weighted by Crippen LogP contribution is -2.33. The average molecular weight is 283 g/mol. The number of aryl methyl sites for hydroxylation is 2. The molecule has 0 saturated carbocycles. The molecule has 1 N–H and O–H groups in total. The van der Waals surface area contributed by atoms with Crippen LogP contribution in [0.5, 0.6) is 5.75 Å². The minimum atomic E-state index is 0.0637. The molecule has 112 valence electrons. The summed E-state index contributed by atoms with van der Waals surface area (Å²) in [6.45, 7) is 9.37. The molecule has 0 spiro atoms. The SMILES string of the molecule is CCNC(c1ccccc1)C(C)Oc1ccc(C)cc1C. The number of benzene rings is 2. The van der Waals surface area contributed by atoms with Crippen molar-refractivity contribution in [2.45, 2.75) is 39.8 Å². The summed E-state index contributed by atoms with van der Waals surface area (Å²) in [6, 6.07) is 17.0. The van der Waals surface area contributed by atoms with Crippen LogP contribution in [0, 0.1) is 13.8 Å². The molecule has 0 bridgehead atoms. The molecule has 0 aliphatic heterocycles. The maximum absolute atomic E-state index is 6.21. The van der Waals surface area contributed by atoms with Crippen LogP contribution in [0.25, 0.3) is 0 Å². The van der Waals surface area contributed by atoms with Crippen molar-refractivity contribution in [1.82, 2.24) is 5.32 Å². The number of rotatable bonds is 6. The van der Waals surface area contributed by atoms with E-state index in [2.05, 4.69) is 75.5 Å². The fraction of sp³-hybridized carbons (Fsp3) is 0.368. The van der Waals surface area contributed by atoms with Crippen LogP contribution in [0.1, 0.15) is 36.6 Å². The minimum Gasteiger partial charge on any atom is -0.488 e. The van der Waals surface area contributed by atoms with Gasteiger partial charge in [0.1, 0.15) is 11.9 Å². The first kappa shape index (κ1) is 15.6. The largest absolute Gasteiger partial charge is 0.488 e. The summed E-state index contributed by atoms with van der Waals surface area (Å²) < 4.78 is 6.21. The third-order valence-corrected chi connectivity index (χ3v) is 3.70. The molecule has 0 fully saturated rings. The second-order valence-corrected chi connectivity index (χ2v) is 5.54. The van der Waals surface area contributed by atoms with Gasteiger partial charge in [-0.05, 0) is 44.5 Å².